The maximum Gasteiger partial charge on any atom is 0.325 e. The van der Waals surface area contributed by atoms with E-state index in [0.717, 1.165) is 41.0 Å². The Morgan fingerprint density at radius 3 is 2.79 bits per heavy atom. The van der Waals surface area contributed by atoms with Crippen molar-refractivity contribution >= 4 is 34.3 Å². The lowest BCUT2D eigenvalue weighted by atomic mass is 9.73. The molecule has 2 N–H and O–H groups in total. The minimum Gasteiger partial charge on any atom is -0.323 e. The van der Waals surface area contributed by atoms with E-state index >= 15 is 0 Å². The molecule has 1 saturated heterocycles. The number of rotatable bonds is 4. The molecule has 2 fully saturated rings. The first-order valence-electron chi connectivity index (χ1n) is 9.85. The van der Waals surface area contributed by atoms with Gasteiger partial charge in [-0.3, -0.25) is 14.5 Å². The molecular formula is C21H24N4O3S. The van der Waals surface area contributed by atoms with Crippen LogP contribution in [-0.2, 0) is 9.59 Å². The van der Waals surface area contributed by atoms with Crippen LogP contribution in [0, 0.1) is 12.8 Å². The van der Waals surface area contributed by atoms with E-state index in [0.29, 0.717) is 11.6 Å². The predicted molar refractivity (Wildman–Crippen MR) is 112 cm³/mol. The van der Waals surface area contributed by atoms with Gasteiger partial charge >= 0.3 is 6.03 Å². The number of nitrogens with one attached hydrogen (secondary N) is 2. The molecule has 4 rings (SSSR count). The molecule has 0 unspecified atom stereocenters. The summed E-state index contributed by atoms with van der Waals surface area (Å²) in [4.78, 5) is 43.3. The summed E-state index contributed by atoms with van der Waals surface area (Å²) < 4.78 is 0. The van der Waals surface area contributed by atoms with Gasteiger partial charge in [0.1, 0.15) is 12.1 Å². The van der Waals surface area contributed by atoms with Crippen molar-refractivity contribution in [2.24, 2.45) is 5.92 Å². The quantitative estimate of drug-likeness (QED) is 0.751. The zero-order chi connectivity index (χ0) is 20.6. The smallest absolute Gasteiger partial charge is 0.323 e. The number of carbonyl (C=O) groups excluding carboxylic acids is 3. The summed E-state index contributed by atoms with van der Waals surface area (Å²) in [6.45, 7) is 3.70. The molecule has 2 heterocycles. The third kappa shape index (κ3) is 3.64. The minimum atomic E-state index is -0.852. The molecular weight excluding hydrogens is 388 g/mol. The van der Waals surface area contributed by atoms with Crippen LogP contribution in [0.2, 0.25) is 0 Å². The van der Waals surface area contributed by atoms with Crippen LogP contribution in [-0.4, -0.2) is 39.8 Å². The maximum absolute atomic E-state index is 13.0. The van der Waals surface area contributed by atoms with Gasteiger partial charge in [-0.25, -0.2) is 9.78 Å². The lowest BCUT2D eigenvalue weighted by Crippen LogP contribution is -2.54. The zero-order valence-corrected chi connectivity index (χ0v) is 17.3. The van der Waals surface area contributed by atoms with Crippen molar-refractivity contribution in [3.63, 3.8) is 0 Å². The van der Waals surface area contributed by atoms with E-state index in [-0.39, 0.29) is 18.4 Å². The Labute approximate surface area is 173 Å². The molecule has 1 spiro atoms. The Morgan fingerprint density at radius 1 is 1.31 bits per heavy atom. The summed E-state index contributed by atoms with van der Waals surface area (Å²) in [5.41, 5.74) is 2.05. The van der Waals surface area contributed by atoms with Gasteiger partial charge in [0.15, 0.2) is 5.13 Å². The van der Waals surface area contributed by atoms with E-state index in [1.165, 1.54) is 11.3 Å². The number of carbonyl (C=O) groups is 3. The summed E-state index contributed by atoms with van der Waals surface area (Å²) in [5, 5.41) is 7.88. The molecule has 2 aliphatic rings. The van der Waals surface area contributed by atoms with Crippen molar-refractivity contribution in [1.29, 1.82) is 0 Å². The molecule has 1 aliphatic heterocycles. The van der Waals surface area contributed by atoms with Crippen LogP contribution in [0.3, 0.4) is 0 Å². The number of aryl methyl sites for hydroxylation is 1. The molecule has 8 heteroatoms. The lowest BCUT2D eigenvalue weighted by Gasteiger charge is -2.36. The Bertz CT molecular complexity index is 955. The number of anilines is 1. The van der Waals surface area contributed by atoms with Gasteiger partial charge < -0.3 is 10.6 Å². The second kappa shape index (κ2) is 7.59. The monoisotopic (exact) mass is 412 g/mol. The van der Waals surface area contributed by atoms with E-state index < -0.39 is 17.5 Å². The fourth-order valence-corrected chi connectivity index (χ4v) is 4.87. The van der Waals surface area contributed by atoms with Gasteiger partial charge in [-0.15, -0.1) is 11.3 Å². The van der Waals surface area contributed by atoms with Crippen LogP contribution in [0.4, 0.5) is 9.93 Å². The number of urea groups is 1. The SMILES string of the molecule is Cc1ccc(-c2csc(NC(=O)CN3C(=O)N[C@@]4(CCCC[C@@H]4C)C3=O)n2)cc1. The Morgan fingerprint density at radius 2 is 2.07 bits per heavy atom. The lowest BCUT2D eigenvalue weighted by molar-refractivity contribution is -0.136. The fourth-order valence-electron chi connectivity index (χ4n) is 4.13. The number of imide groups is 1. The Kier molecular flexibility index (Phi) is 5.12. The van der Waals surface area contributed by atoms with E-state index in [1.807, 2.05) is 43.5 Å². The second-order valence-corrected chi connectivity index (χ2v) is 8.75. The van der Waals surface area contributed by atoms with E-state index in [1.54, 1.807) is 0 Å². The number of thiazole rings is 1. The number of aromatic nitrogens is 1. The number of hydrogen-bond acceptors (Lipinski definition) is 5. The third-order valence-electron chi connectivity index (χ3n) is 5.90. The maximum atomic E-state index is 13.0. The van der Waals surface area contributed by atoms with Crippen molar-refractivity contribution in [3.8, 4) is 11.3 Å². The number of amides is 4. The van der Waals surface area contributed by atoms with Crippen LogP contribution in [0.15, 0.2) is 29.6 Å². The highest BCUT2D eigenvalue weighted by atomic mass is 32.1. The molecule has 29 heavy (non-hydrogen) atoms. The molecule has 2 atom stereocenters. The molecule has 1 aliphatic carbocycles. The van der Waals surface area contributed by atoms with E-state index in [4.69, 9.17) is 0 Å². The van der Waals surface area contributed by atoms with Gasteiger partial charge in [0.25, 0.3) is 5.91 Å². The highest BCUT2D eigenvalue weighted by molar-refractivity contribution is 7.14. The van der Waals surface area contributed by atoms with Crippen LogP contribution >= 0.6 is 11.3 Å². The van der Waals surface area contributed by atoms with Gasteiger partial charge in [0, 0.05) is 10.9 Å². The van der Waals surface area contributed by atoms with Gasteiger partial charge in [0.2, 0.25) is 5.91 Å². The van der Waals surface area contributed by atoms with Crippen LogP contribution in [0.25, 0.3) is 11.3 Å². The second-order valence-electron chi connectivity index (χ2n) is 7.89. The molecule has 1 aromatic heterocycles. The first-order valence-corrected chi connectivity index (χ1v) is 10.7. The van der Waals surface area contributed by atoms with Gasteiger partial charge in [-0.1, -0.05) is 49.6 Å². The van der Waals surface area contributed by atoms with E-state index in [2.05, 4.69) is 15.6 Å². The molecule has 0 radical (unpaired) electrons. The standard InChI is InChI=1S/C21H24N4O3S/c1-13-6-8-15(9-7-13)16-12-29-19(22-16)23-17(26)11-25-18(27)21(24-20(25)28)10-4-3-5-14(21)2/h6-9,12,14H,3-5,10-11H2,1-2H3,(H,24,28)(H,22,23,26)/t14-,21+/m0/s1. The van der Waals surface area contributed by atoms with Gasteiger partial charge in [-0.05, 0) is 25.7 Å². The molecule has 4 amide bonds. The molecule has 1 aromatic carbocycles. The van der Waals surface area contributed by atoms with Crippen molar-refractivity contribution in [1.82, 2.24) is 15.2 Å². The summed E-state index contributed by atoms with van der Waals surface area (Å²) in [7, 11) is 0. The normalized spacial score (nSPS) is 24.1. The molecule has 7 nitrogen and oxygen atoms in total. The third-order valence-corrected chi connectivity index (χ3v) is 6.66. The highest BCUT2D eigenvalue weighted by Gasteiger charge is 2.55. The topological polar surface area (TPSA) is 91.4 Å². The minimum absolute atomic E-state index is 0.0665. The van der Waals surface area contributed by atoms with Crippen LogP contribution in [0.5, 0.6) is 0 Å². The number of nitrogens with zero attached hydrogens (tertiary/aromatic N) is 2. The molecule has 2 aromatic rings. The Balaban J connectivity index is 1.42. The predicted octanol–water partition coefficient (Wildman–Crippen LogP) is 3.56. The largest absolute Gasteiger partial charge is 0.325 e. The fraction of sp³-hybridized carbons (Fsp3) is 0.429. The van der Waals surface area contributed by atoms with Crippen molar-refractivity contribution < 1.29 is 14.4 Å². The molecule has 1 saturated carbocycles. The van der Waals surface area contributed by atoms with Crippen LogP contribution in [0.1, 0.15) is 38.2 Å². The highest BCUT2D eigenvalue weighted by Crippen LogP contribution is 2.38. The molecule has 152 valence electrons. The van der Waals surface area contributed by atoms with Gasteiger partial charge in [-0.2, -0.15) is 0 Å². The number of benzene rings is 1. The average Bonchev–Trinajstić information content (AvgIpc) is 3.24. The first-order chi connectivity index (χ1) is 13.9. The van der Waals surface area contributed by atoms with E-state index in [9.17, 15) is 14.4 Å². The van der Waals surface area contributed by atoms with Crippen molar-refractivity contribution in [2.45, 2.75) is 45.1 Å². The zero-order valence-electron chi connectivity index (χ0n) is 16.5. The average molecular weight is 413 g/mol. The van der Waals surface area contributed by atoms with Crippen molar-refractivity contribution in [2.75, 3.05) is 11.9 Å². The molecule has 0 bridgehead atoms. The first kappa shape index (κ1) is 19.6. The number of hydrogen-bond donors (Lipinski definition) is 2. The summed E-state index contributed by atoms with van der Waals surface area (Å²) in [5.74, 6) is -0.653. The summed E-state index contributed by atoms with van der Waals surface area (Å²) in [6.07, 6.45) is 3.48. The summed E-state index contributed by atoms with van der Waals surface area (Å²) >= 11 is 1.31. The van der Waals surface area contributed by atoms with Crippen LogP contribution < -0.4 is 10.6 Å². The Hall–Kier alpha value is -2.74. The van der Waals surface area contributed by atoms with Gasteiger partial charge in [0.05, 0.1) is 5.69 Å². The summed E-state index contributed by atoms with van der Waals surface area (Å²) in [6, 6.07) is 7.49. The van der Waals surface area contributed by atoms with Crippen molar-refractivity contribution in [3.05, 3.63) is 35.2 Å².